The molecule has 0 amide bonds. The Morgan fingerprint density at radius 1 is 0.962 bits per heavy atom. The molecule has 6 nitrogen and oxygen atoms in total. The zero-order chi connectivity index (χ0) is 18.3. The molecule has 0 atom stereocenters. The number of hydrogen-bond donors (Lipinski definition) is 1. The molecule has 0 aliphatic heterocycles. The summed E-state index contributed by atoms with van der Waals surface area (Å²) in [5, 5.41) is 5.19. The van der Waals surface area contributed by atoms with E-state index in [4.69, 9.17) is 10.1 Å². The van der Waals surface area contributed by atoms with E-state index in [2.05, 4.69) is 4.98 Å². The van der Waals surface area contributed by atoms with Gasteiger partial charge in [0.25, 0.3) is 0 Å². The maximum Gasteiger partial charge on any atom is 0.238 e. The zero-order valence-corrected chi connectivity index (χ0v) is 14.8. The fourth-order valence-corrected chi connectivity index (χ4v) is 3.38. The monoisotopic (exact) mass is 364 g/mol. The number of pyridine rings is 1. The fraction of sp³-hybridized carbons (Fsp3) is 0.0526. The van der Waals surface area contributed by atoms with E-state index in [1.54, 1.807) is 24.5 Å². The lowest BCUT2D eigenvalue weighted by Crippen LogP contribution is -2.11. The van der Waals surface area contributed by atoms with E-state index in [0.717, 1.165) is 27.8 Å². The molecule has 0 saturated heterocycles. The summed E-state index contributed by atoms with van der Waals surface area (Å²) in [5.41, 5.74) is 4.59. The Kier molecular flexibility index (Phi) is 3.82. The fourth-order valence-electron chi connectivity index (χ4n) is 2.87. The minimum absolute atomic E-state index is 0.0703. The van der Waals surface area contributed by atoms with Crippen LogP contribution in [-0.4, -0.2) is 23.0 Å². The van der Waals surface area contributed by atoms with Crippen LogP contribution in [0.3, 0.4) is 0 Å². The van der Waals surface area contributed by atoms with Crippen molar-refractivity contribution in [2.24, 2.45) is 5.14 Å². The van der Waals surface area contributed by atoms with Crippen LogP contribution in [0.25, 0.3) is 28.1 Å². The highest BCUT2D eigenvalue weighted by atomic mass is 32.2. The van der Waals surface area contributed by atoms with E-state index in [-0.39, 0.29) is 4.90 Å². The lowest BCUT2D eigenvalue weighted by Gasteiger charge is -2.10. The molecule has 0 bridgehead atoms. The number of imidazole rings is 1. The maximum absolute atomic E-state index is 11.5. The molecule has 130 valence electrons. The molecule has 2 heterocycles. The van der Waals surface area contributed by atoms with E-state index >= 15 is 0 Å². The summed E-state index contributed by atoms with van der Waals surface area (Å²) in [5.74, 6) is 0.706. The van der Waals surface area contributed by atoms with Gasteiger partial charge in [-0.3, -0.25) is 9.55 Å². The van der Waals surface area contributed by atoms with Gasteiger partial charge >= 0.3 is 0 Å². The predicted molar refractivity (Wildman–Crippen MR) is 100 cm³/mol. The number of hydrogen-bond acceptors (Lipinski definition) is 4. The number of aryl methyl sites for hydroxylation is 1. The molecule has 4 aromatic rings. The number of aromatic nitrogens is 3. The lowest BCUT2D eigenvalue weighted by atomic mass is 10.2. The highest BCUT2D eigenvalue weighted by Gasteiger charge is 2.15. The molecular weight excluding hydrogens is 348 g/mol. The predicted octanol–water partition coefficient (Wildman–Crippen LogP) is 3.04. The summed E-state index contributed by atoms with van der Waals surface area (Å²) in [6, 6.07) is 16.3. The normalized spacial score (nSPS) is 11.8. The van der Waals surface area contributed by atoms with Crippen molar-refractivity contribution in [3.8, 4) is 17.1 Å². The molecule has 0 saturated carbocycles. The molecule has 2 N–H and O–H groups in total. The average molecular weight is 364 g/mol. The molecule has 7 heteroatoms. The summed E-state index contributed by atoms with van der Waals surface area (Å²) in [4.78, 5) is 9.00. The second-order valence-electron chi connectivity index (χ2n) is 6.04. The Hall–Kier alpha value is -3.03. The molecular formula is C19H16N4O2S. The Morgan fingerprint density at radius 2 is 1.65 bits per heavy atom. The van der Waals surface area contributed by atoms with Crippen LogP contribution >= 0.6 is 0 Å². The third kappa shape index (κ3) is 2.87. The van der Waals surface area contributed by atoms with Gasteiger partial charge in [0, 0.05) is 17.4 Å². The average Bonchev–Trinajstić information content (AvgIpc) is 3.01. The van der Waals surface area contributed by atoms with Gasteiger partial charge in [-0.15, -0.1) is 0 Å². The first-order valence-electron chi connectivity index (χ1n) is 7.96. The van der Waals surface area contributed by atoms with Crippen molar-refractivity contribution in [3.05, 3.63) is 72.6 Å². The molecule has 0 aliphatic carbocycles. The quantitative estimate of drug-likeness (QED) is 0.605. The van der Waals surface area contributed by atoms with Gasteiger partial charge in [0.1, 0.15) is 5.82 Å². The minimum atomic E-state index is -3.73. The highest BCUT2D eigenvalue weighted by molar-refractivity contribution is 7.89. The first-order chi connectivity index (χ1) is 12.4. The first kappa shape index (κ1) is 16.4. The van der Waals surface area contributed by atoms with Crippen LogP contribution in [0.15, 0.2) is 71.9 Å². The molecule has 0 aliphatic rings. The molecule has 0 fully saturated rings. The van der Waals surface area contributed by atoms with Crippen LogP contribution in [0.5, 0.6) is 0 Å². The van der Waals surface area contributed by atoms with E-state index in [9.17, 15) is 8.42 Å². The molecule has 4 rings (SSSR count). The Labute approximate surface area is 151 Å². The summed E-state index contributed by atoms with van der Waals surface area (Å²) in [6.45, 7) is 2.03. The van der Waals surface area contributed by atoms with Crippen molar-refractivity contribution in [3.63, 3.8) is 0 Å². The first-order valence-corrected chi connectivity index (χ1v) is 9.51. The number of benzene rings is 2. The largest absolute Gasteiger partial charge is 0.291 e. The highest BCUT2D eigenvalue weighted by Crippen LogP contribution is 2.28. The third-order valence-corrected chi connectivity index (χ3v) is 5.12. The van der Waals surface area contributed by atoms with Crippen molar-refractivity contribution in [2.75, 3.05) is 0 Å². The summed E-state index contributed by atoms with van der Waals surface area (Å²) in [7, 11) is -3.73. The van der Waals surface area contributed by atoms with Crippen LogP contribution in [0.2, 0.25) is 0 Å². The molecule has 0 spiro atoms. The van der Waals surface area contributed by atoms with Gasteiger partial charge in [0.2, 0.25) is 10.0 Å². The summed E-state index contributed by atoms with van der Waals surface area (Å²) < 4.78 is 25.0. The van der Waals surface area contributed by atoms with Gasteiger partial charge in [-0.05, 0) is 49.4 Å². The summed E-state index contributed by atoms with van der Waals surface area (Å²) >= 11 is 0. The number of sulfonamides is 1. The van der Waals surface area contributed by atoms with Crippen molar-refractivity contribution < 1.29 is 8.42 Å². The second kappa shape index (κ2) is 6.05. The van der Waals surface area contributed by atoms with Gasteiger partial charge in [-0.1, -0.05) is 17.7 Å². The van der Waals surface area contributed by atoms with Crippen LogP contribution < -0.4 is 5.14 Å². The van der Waals surface area contributed by atoms with E-state index in [0.29, 0.717) is 5.82 Å². The van der Waals surface area contributed by atoms with E-state index < -0.39 is 10.0 Å². The molecule has 0 unspecified atom stereocenters. The van der Waals surface area contributed by atoms with Crippen molar-refractivity contribution in [1.29, 1.82) is 0 Å². The van der Waals surface area contributed by atoms with Crippen LogP contribution in [0, 0.1) is 6.92 Å². The molecule has 0 radical (unpaired) electrons. The standard InChI is InChI=1S/C19H16N4O2S/c1-13-2-6-15(7-3-13)23-18-12-21-11-10-17(18)22-19(23)14-4-8-16(9-5-14)26(20,24)25/h2-12H,1H3,(H2,20,24,25). The van der Waals surface area contributed by atoms with Crippen LogP contribution in [0.4, 0.5) is 0 Å². The number of primary sulfonamides is 1. The molecule has 2 aromatic heterocycles. The van der Waals surface area contributed by atoms with Crippen molar-refractivity contribution >= 4 is 21.1 Å². The number of fused-ring (bicyclic) bond motifs is 1. The minimum Gasteiger partial charge on any atom is -0.291 e. The van der Waals surface area contributed by atoms with Crippen LogP contribution in [0.1, 0.15) is 5.56 Å². The molecule has 26 heavy (non-hydrogen) atoms. The summed E-state index contributed by atoms with van der Waals surface area (Å²) in [6.07, 6.45) is 3.47. The lowest BCUT2D eigenvalue weighted by molar-refractivity contribution is 0.598. The Balaban J connectivity index is 1.95. The van der Waals surface area contributed by atoms with Gasteiger partial charge in [0.05, 0.1) is 22.1 Å². The van der Waals surface area contributed by atoms with Crippen molar-refractivity contribution in [1.82, 2.24) is 14.5 Å². The second-order valence-corrected chi connectivity index (χ2v) is 7.60. The maximum atomic E-state index is 11.5. The van der Waals surface area contributed by atoms with Crippen LogP contribution in [-0.2, 0) is 10.0 Å². The number of rotatable bonds is 3. The van der Waals surface area contributed by atoms with E-state index in [1.165, 1.54) is 12.1 Å². The molecule has 2 aromatic carbocycles. The smallest absolute Gasteiger partial charge is 0.238 e. The number of nitrogens with two attached hydrogens (primary N) is 1. The number of nitrogens with zero attached hydrogens (tertiary/aromatic N) is 3. The third-order valence-electron chi connectivity index (χ3n) is 4.19. The van der Waals surface area contributed by atoms with Crippen molar-refractivity contribution in [2.45, 2.75) is 11.8 Å². The SMILES string of the molecule is Cc1ccc(-n2c(-c3ccc(S(N)(=O)=O)cc3)nc3ccncc32)cc1. The Bertz CT molecular complexity index is 1190. The van der Waals surface area contributed by atoms with Gasteiger partial charge in [-0.25, -0.2) is 18.5 Å². The van der Waals surface area contributed by atoms with Gasteiger partial charge < -0.3 is 0 Å². The van der Waals surface area contributed by atoms with E-state index in [1.807, 2.05) is 41.8 Å². The zero-order valence-electron chi connectivity index (χ0n) is 14.0. The Morgan fingerprint density at radius 3 is 2.31 bits per heavy atom. The topological polar surface area (TPSA) is 90.9 Å². The van der Waals surface area contributed by atoms with Gasteiger partial charge in [0.15, 0.2) is 0 Å². The van der Waals surface area contributed by atoms with Gasteiger partial charge in [-0.2, -0.15) is 0 Å².